The highest BCUT2D eigenvalue weighted by molar-refractivity contribution is 7.89. The molecular weight excluding hydrogens is 276 g/mol. The summed E-state index contributed by atoms with van der Waals surface area (Å²) < 4.78 is 32.2. The Hall–Kier alpha value is -1.11. The molecule has 1 aromatic rings. The number of nitrogens with two attached hydrogens (primary N) is 1. The lowest BCUT2D eigenvalue weighted by Gasteiger charge is -2.20. The third kappa shape index (κ3) is 2.68. The van der Waals surface area contributed by atoms with E-state index in [2.05, 4.69) is 0 Å². The minimum absolute atomic E-state index is 0.260. The van der Waals surface area contributed by atoms with Crippen molar-refractivity contribution in [3.63, 3.8) is 0 Å². The van der Waals surface area contributed by atoms with Crippen molar-refractivity contribution in [1.29, 1.82) is 0 Å². The zero-order valence-electron chi connectivity index (χ0n) is 12.2. The molecule has 1 atom stereocenters. The van der Waals surface area contributed by atoms with Crippen molar-refractivity contribution in [1.82, 2.24) is 4.31 Å². The van der Waals surface area contributed by atoms with Crippen LogP contribution >= 0.6 is 0 Å². The summed E-state index contributed by atoms with van der Waals surface area (Å²) in [7, 11) is -1.88. The lowest BCUT2D eigenvalue weighted by molar-refractivity contribution is 0.157. The van der Waals surface area contributed by atoms with Crippen LogP contribution in [0.1, 0.15) is 17.5 Å². The zero-order chi connectivity index (χ0) is 14.9. The molecule has 20 heavy (non-hydrogen) atoms. The fourth-order valence-electron chi connectivity index (χ4n) is 2.67. The van der Waals surface area contributed by atoms with Crippen LogP contribution in [0.25, 0.3) is 0 Å². The van der Waals surface area contributed by atoms with Gasteiger partial charge in [-0.3, -0.25) is 0 Å². The molecule has 0 radical (unpaired) electrons. The quantitative estimate of drug-likeness (QED) is 0.856. The highest BCUT2D eigenvalue weighted by Gasteiger charge is 2.34. The smallest absolute Gasteiger partial charge is 0.245 e. The van der Waals surface area contributed by atoms with E-state index in [4.69, 9.17) is 10.5 Å². The van der Waals surface area contributed by atoms with Gasteiger partial charge in [-0.2, -0.15) is 4.31 Å². The summed E-state index contributed by atoms with van der Waals surface area (Å²) in [5.41, 5.74) is 7.85. The standard InChI is InChI=1S/C14H22N2O3S/c1-10-4-5-11(2)14(13(10)15)20(17,18)16-7-6-12(8-16)9-19-3/h4-5,12H,6-9,15H2,1-3H3. The molecule has 0 spiro atoms. The van der Waals surface area contributed by atoms with Crippen molar-refractivity contribution in [2.45, 2.75) is 25.2 Å². The second kappa shape index (κ2) is 5.71. The maximum Gasteiger partial charge on any atom is 0.245 e. The van der Waals surface area contributed by atoms with Crippen molar-refractivity contribution in [3.8, 4) is 0 Å². The number of rotatable bonds is 4. The Labute approximate surface area is 120 Å². The molecule has 1 unspecified atom stereocenters. The van der Waals surface area contributed by atoms with Gasteiger partial charge in [-0.1, -0.05) is 12.1 Å². The predicted octanol–water partition coefficient (Wildman–Crippen LogP) is 1.54. The van der Waals surface area contributed by atoms with Gasteiger partial charge in [0.25, 0.3) is 0 Å². The number of hydrogen-bond acceptors (Lipinski definition) is 4. The topological polar surface area (TPSA) is 72.6 Å². The molecule has 2 N–H and O–H groups in total. The van der Waals surface area contributed by atoms with Crippen LogP contribution in [0.5, 0.6) is 0 Å². The van der Waals surface area contributed by atoms with E-state index < -0.39 is 10.0 Å². The summed E-state index contributed by atoms with van der Waals surface area (Å²) >= 11 is 0. The molecule has 1 fully saturated rings. The van der Waals surface area contributed by atoms with Gasteiger partial charge >= 0.3 is 0 Å². The van der Waals surface area contributed by atoms with Crippen LogP contribution in [0.4, 0.5) is 5.69 Å². The van der Waals surface area contributed by atoms with E-state index in [1.807, 2.05) is 13.0 Å². The summed E-state index contributed by atoms with van der Waals surface area (Å²) in [6, 6.07) is 3.66. The van der Waals surface area contributed by atoms with Crippen molar-refractivity contribution >= 4 is 15.7 Å². The Balaban J connectivity index is 2.35. The number of nitrogens with zero attached hydrogens (tertiary/aromatic N) is 1. The number of aryl methyl sites for hydroxylation is 2. The van der Waals surface area contributed by atoms with E-state index in [-0.39, 0.29) is 10.8 Å². The van der Waals surface area contributed by atoms with Gasteiger partial charge in [0.15, 0.2) is 0 Å². The number of hydrogen-bond donors (Lipinski definition) is 1. The van der Waals surface area contributed by atoms with Gasteiger partial charge in [0.05, 0.1) is 12.3 Å². The number of anilines is 1. The Bertz CT molecular complexity index is 599. The minimum Gasteiger partial charge on any atom is -0.397 e. The molecular formula is C14H22N2O3S. The first-order chi connectivity index (χ1) is 9.37. The summed E-state index contributed by atoms with van der Waals surface area (Å²) in [6.07, 6.45) is 0.831. The highest BCUT2D eigenvalue weighted by Crippen LogP contribution is 2.31. The summed E-state index contributed by atoms with van der Waals surface area (Å²) in [6.45, 7) is 5.23. The van der Waals surface area contributed by atoms with Gasteiger partial charge in [-0.25, -0.2) is 8.42 Å². The number of sulfonamides is 1. The van der Waals surface area contributed by atoms with Crippen LogP contribution in [0.3, 0.4) is 0 Å². The molecule has 6 heteroatoms. The van der Waals surface area contributed by atoms with Crippen LogP contribution < -0.4 is 5.73 Å². The van der Waals surface area contributed by atoms with Crippen molar-refractivity contribution < 1.29 is 13.2 Å². The average Bonchev–Trinajstić information content (AvgIpc) is 2.84. The average molecular weight is 298 g/mol. The molecule has 0 saturated carbocycles. The first-order valence-electron chi connectivity index (χ1n) is 6.72. The zero-order valence-corrected chi connectivity index (χ0v) is 13.0. The third-order valence-electron chi connectivity index (χ3n) is 3.86. The van der Waals surface area contributed by atoms with E-state index >= 15 is 0 Å². The summed E-state index contributed by atoms with van der Waals surface area (Å²) in [4.78, 5) is 0.260. The minimum atomic E-state index is -3.52. The molecule has 1 aliphatic rings. The number of ether oxygens (including phenoxy) is 1. The van der Waals surface area contributed by atoms with E-state index in [0.717, 1.165) is 12.0 Å². The lowest BCUT2D eigenvalue weighted by atomic mass is 10.1. The van der Waals surface area contributed by atoms with Crippen LogP contribution in [-0.4, -0.2) is 39.5 Å². The maximum atomic E-state index is 12.8. The van der Waals surface area contributed by atoms with Crippen molar-refractivity contribution in [2.75, 3.05) is 32.5 Å². The van der Waals surface area contributed by atoms with Gasteiger partial charge in [0.2, 0.25) is 10.0 Å². The van der Waals surface area contributed by atoms with Crippen LogP contribution in [-0.2, 0) is 14.8 Å². The summed E-state index contributed by atoms with van der Waals surface area (Å²) in [5.74, 6) is 0.265. The normalized spacial score (nSPS) is 20.4. The molecule has 1 aromatic carbocycles. The number of nitrogen functional groups attached to an aromatic ring is 1. The Morgan fingerprint density at radius 2 is 2.00 bits per heavy atom. The van der Waals surface area contributed by atoms with Gasteiger partial charge < -0.3 is 10.5 Å². The van der Waals surface area contributed by atoms with Gasteiger partial charge in [0, 0.05) is 20.2 Å². The van der Waals surface area contributed by atoms with E-state index in [9.17, 15) is 8.42 Å². The molecule has 2 rings (SSSR count). The molecule has 1 heterocycles. The monoisotopic (exact) mass is 298 g/mol. The molecule has 0 aliphatic carbocycles. The van der Waals surface area contributed by atoms with Crippen LogP contribution in [0, 0.1) is 19.8 Å². The Kier molecular flexibility index (Phi) is 4.36. The van der Waals surface area contributed by atoms with Gasteiger partial charge in [0.1, 0.15) is 4.90 Å². The van der Waals surface area contributed by atoms with Crippen molar-refractivity contribution in [2.24, 2.45) is 5.92 Å². The Morgan fingerprint density at radius 1 is 1.35 bits per heavy atom. The lowest BCUT2D eigenvalue weighted by Crippen LogP contribution is -2.30. The SMILES string of the molecule is COCC1CCN(S(=O)(=O)c2c(C)ccc(C)c2N)C1. The maximum absolute atomic E-state index is 12.8. The molecule has 0 amide bonds. The second-order valence-electron chi connectivity index (χ2n) is 5.42. The highest BCUT2D eigenvalue weighted by atomic mass is 32.2. The molecule has 5 nitrogen and oxygen atoms in total. The molecule has 0 bridgehead atoms. The Morgan fingerprint density at radius 3 is 2.65 bits per heavy atom. The van der Waals surface area contributed by atoms with Crippen LogP contribution in [0.2, 0.25) is 0 Å². The largest absolute Gasteiger partial charge is 0.397 e. The number of benzene rings is 1. The first-order valence-corrected chi connectivity index (χ1v) is 8.16. The van der Waals surface area contributed by atoms with E-state index in [1.165, 1.54) is 4.31 Å². The van der Waals surface area contributed by atoms with E-state index in [1.54, 1.807) is 20.1 Å². The second-order valence-corrected chi connectivity index (χ2v) is 7.29. The first kappa shape index (κ1) is 15.3. The molecule has 1 saturated heterocycles. The predicted molar refractivity (Wildman–Crippen MR) is 79.1 cm³/mol. The molecule has 112 valence electrons. The molecule has 1 aliphatic heterocycles. The van der Waals surface area contributed by atoms with Crippen LogP contribution in [0.15, 0.2) is 17.0 Å². The van der Waals surface area contributed by atoms with Gasteiger partial charge in [-0.15, -0.1) is 0 Å². The van der Waals surface area contributed by atoms with E-state index in [0.29, 0.717) is 30.9 Å². The fraction of sp³-hybridized carbons (Fsp3) is 0.571. The van der Waals surface area contributed by atoms with Crippen molar-refractivity contribution in [3.05, 3.63) is 23.3 Å². The molecule has 0 aromatic heterocycles. The summed E-state index contributed by atoms with van der Waals surface area (Å²) in [5, 5.41) is 0. The fourth-order valence-corrected chi connectivity index (χ4v) is 4.59. The van der Waals surface area contributed by atoms with Gasteiger partial charge in [-0.05, 0) is 37.3 Å². The third-order valence-corrected chi connectivity index (χ3v) is 5.93. The number of methoxy groups -OCH3 is 1.